The number of nitrogens with two attached hydrogens (primary N) is 1. The van der Waals surface area contributed by atoms with E-state index in [4.69, 9.17) is 10.5 Å². The van der Waals surface area contributed by atoms with Crippen LogP contribution in [0.25, 0.3) is 11.3 Å². The lowest BCUT2D eigenvalue weighted by Gasteiger charge is -2.36. The molecule has 6 nitrogen and oxygen atoms in total. The maximum absolute atomic E-state index is 13.3. The highest BCUT2D eigenvalue weighted by Gasteiger charge is 2.58. The summed E-state index contributed by atoms with van der Waals surface area (Å²) in [6, 6.07) is 3.75. The maximum atomic E-state index is 13.3. The second-order valence-corrected chi connectivity index (χ2v) is 9.80. The molecule has 0 bridgehead atoms. The molecule has 2 unspecified atom stereocenters. The van der Waals surface area contributed by atoms with Crippen LogP contribution in [0.15, 0.2) is 18.3 Å². The van der Waals surface area contributed by atoms with Crippen molar-refractivity contribution in [1.82, 2.24) is 19.7 Å². The second-order valence-electron chi connectivity index (χ2n) is 9.80. The van der Waals surface area contributed by atoms with Gasteiger partial charge in [-0.25, -0.2) is 4.98 Å². The fourth-order valence-corrected chi connectivity index (χ4v) is 5.78. The van der Waals surface area contributed by atoms with Gasteiger partial charge in [-0.2, -0.15) is 18.3 Å². The Balaban J connectivity index is 1.37. The quantitative estimate of drug-likeness (QED) is 0.752. The minimum absolute atomic E-state index is 0.125. The zero-order chi connectivity index (χ0) is 22.8. The molecule has 1 saturated heterocycles. The van der Waals surface area contributed by atoms with Crippen LogP contribution in [0.5, 0.6) is 0 Å². The summed E-state index contributed by atoms with van der Waals surface area (Å²) in [5.41, 5.74) is 6.55. The molecule has 2 saturated carbocycles. The van der Waals surface area contributed by atoms with Gasteiger partial charge in [-0.15, -0.1) is 0 Å². The smallest absolute Gasteiger partial charge is 0.383 e. The van der Waals surface area contributed by atoms with E-state index in [0.717, 1.165) is 31.5 Å². The van der Waals surface area contributed by atoms with Gasteiger partial charge in [0.15, 0.2) is 0 Å². The Bertz CT molecular complexity index is 992. The third-order valence-corrected chi connectivity index (χ3v) is 7.32. The lowest BCUT2D eigenvalue weighted by molar-refractivity contribution is -0.137. The maximum Gasteiger partial charge on any atom is 0.419 e. The van der Waals surface area contributed by atoms with Crippen molar-refractivity contribution in [3.8, 4) is 11.3 Å². The van der Waals surface area contributed by atoms with E-state index in [1.54, 1.807) is 0 Å². The number of fused-ring (bicyclic) bond motifs is 1. The van der Waals surface area contributed by atoms with Crippen LogP contribution < -0.4 is 5.73 Å². The molecular formula is C23H30F3N5O. The molecule has 5 atom stereocenters. The van der Waals surface area contributed by atoms with E-state index in [2.05, 4.69) is 35.8 Å². The third-order valence-electron chi connectivity index (χ3n) is 7.32. The summed E-state index contributed by atoms with van der Waals surface area (Å²) in [6.07, 6.45) is -0.540. The lowest BCUT2D eigenvalue weighted by atomic mass is 10.0. The monoisotopic (exact) mass is 449 g/mol. The number of pyridine rings is 1. The molecule has 174 valence electrons. The molecule has 32 heavy (non-hydrogen) atoms. The molecule has 0 aromatic carbocycles. The zero-order valence-corrected chi connectivity index (χ0v) is 18.6. The van der Waals surface area contributed by atoms with Gasteiger partial charge in [0.2, 0.25) is 0 Å². The highest BCUT2D eigenvalue weighted by atomic mass is 19.4. The summed E-state index contributed by atoms with van der Waals surface area (Å²) in [5, 5.41) is 4.68. The Morgan fingerprint density at radius 3 is 2.53 bits per heavy atom. The van der Waals surface area contributed by atoms with E-state index in [1.165, 1.54) is 19.0 Å². The normalized spacial score (nSPS) is 30.7. The average molecular weight is 450 g/mol. The lowest BCUT2D eigenvalue weighted by Crippen LogP contribution is -2.46. The van der Waals surface area contributed by atoms with Crippen LogP contribution in [0.3, 0.4) is 0 Å². The fraction of sp³-hybridized carbons (Fsp3) is 0.652. The number of morpholine rings is 1. The number of alkyl halides is 3. The molecule has 3 aliphatic rings. The van der Waals surface area contributed by atoms with Gasteiger partial charge >= 0.3 is 6.18 Å². The number of anilines is 1. The molecule has 2 aliphatic carbocycles. The Kier molecular flexibility index (Phi) is 5.24. The summed E-state index contributed by atoms with van der Waals surface area (Å²) in [4.78, 5) is 6.35. The predicted molar refractivity (Wildman–Crippen MR) is 115 cm³/mol. The van der Waals surface area contributed by atoms with Gasteiger partial charge in [0.25, 0.3) is 0 Å². The van der Waals surface area contributed by atoms with E-state index >= 15 is 0 Å². The molecule has 9 heteroatoms. The van der Waals surface area contributed by atoms with Gasteiger partial charge in [-0.1, -0.05) is 0 Å². The first kappa shape index (κ1) is 21.7. The van der Waals surface area contributed by atoms with Crippen molar-refractivity contribution in [2.45, 2.75) is 63.9 Å². The number of ether oxygens (including phenoxy) is 1. The molecular weight excluding hydrogens is 419 g/mol. The SMILES string of the molecule is CC(C)n1nc(-c2cnc(N)c(C(F)(F)F)c2)cc1C1[C@H]2CC(N3CCO[C@@H](C)C3)C[C@@H]12. The minimum Gasteiger partial charge on any atom is -0.383 e. The van der Waals surface area contributed by atoms with Crippen molar-refractivity contribution >= 4 is 5.82 Å². The average Bonchev–Trinajstić information content (AvgIpc) is 3.08. The van der Waals surface area contributed by atoms with E-state index in [9.17, 15) is 13.2 Å². The number of aromatic nitrogens is 3. The molecule has 1 aliphatic heterocycles. The number of halogens is 3. The molecule has 2 N–H and O–H groups in total. The minimum atomic E-state index is -4.55. The second kappa shape index (κ2) is 7.73. The van der Waals surface area contributed by atoms with E-state index in [1.807, 2.05) is 10.7 Å². The molecule has 0 amide bonds. The Morgan fingerprint density at radius 2 is 1.91 bits per heavy atom. The Labute approximate surface area is 185 Å². The van der Waals surface area contributed by atoms with Crippen LogP contribution >= 0.6 is 0 Å². The largest absolute Gasteiger partial charge is 0.419 e. The topological polar surface area (TPSA) is 69.2 Å². The zero-order valence-electron chi connectivity index (χ0n) is 18.6. The highest BCUT2D eigenvalue weighted by molar-refractivity contribution is 5.63. The molecule has 2 aromatic heterocycles. The Hall–Kier alpha value is -2.13. The molecule has 5 rings (SSSR count). The van der Waals surface area contributed by atoms with E-state index < -0.39 is 17.6 Å². The molecule has 2 aromatic rings. The van der Waals surface area contributed by atoms with Crippen LogP contribution in [0.1, 0.15) is 56.8 Å². The molecule has 0 spiro atoms. The van der Waals surface area contributed by atoms with Gasteiger partial charge in [0.1, 0.15) is 5.82 Å². The number of nitrogen functional groups attached to an aromatic ring is 1. The standard InChI is InChI=1S/C23H30F3N5O/c1-12(2)31-20(9-19(29-31)14-6-18(23(24,25)26)22(27)28-10-14)21-16-7-15(8-17(16)21)30-4-5-32-13(3)11-30/h6,9-10,12-13,15-17,21H,4-5,7-8,11H2,1-3H3,(H2,27,28)/t13-,15?,16-,17+,21?/m0/s1. The summed E-state index contributed by atoms with van der Waals surface area (Å²) in [7, 11) is 0. The Morgan fingerprint density at radius 1 is 1.19 bits per heavy atom. The van der Waals surface area contributed by atoms with Gasteiger partial charge in [-0.3, -0.25) is 9.58 Å². The number of rotatable bonds is 4. The fourth-order valence-electron chi connectivity index (χ4n) is 5.78. The van der Waals surface area contributed by atoms with Crippen molar-refractivity contribution in [2.24, 2.45) is 11.8 Å². The summed E-state index contributed by atoms with van der Waals surface area (Å²) in [6.45, 7) is 9.03. The first-order valence-electron chi connectivity index (χ1n) is 11.4. The summed E-state index contributed by atoms with van der Waals surface area (Å²) < 4.78 is 47.6. The van der Waals surface area contributed by atoms with Crippen molar-refractivity contribution < 1.29 is 17.9 Å². The summed E-state index contributed by atoms with van der Waals surface area (Å²) in [5.74, 6) is 1.16. The van der Waals surface area contributed by atoms with Crippen LogP contribution in [-0.2, 0) is 10.9 Å². The number of hydrogen-bond donors (Lipinski definition) is 1. The van der Waals surface area contributed by atoms with Gasteiger partial charge in [0.05, 0.1) is 24.0 Å². The van der Waals surface area contributed by atoms with Gasteiger partial charge < -0.3 is 10.5 Å². The van der Waals surface area contributed by atoms with E-state index in [0.29, 0.717) is 35.1 Å². The van der Waals surface area contributed by atoms with Crippen LogP contribution in [0, 0.1) is 11.8 Å². The van der Waals surface area contributed by atoms with Crippen molar-refractivity contribution in [2.75, 3.05) is 25.4 Å². The highest BCUT2D eigenvalue weighted by Crippen LogP contribution is 2.64. The van der Waals surface area contributed by atoms with Crippen molar-refractivity contribution in [1.29, 1.82) is 0 Å². The predicted octanol–water partition coefficient (Wildman–Crippen LogP) is 4.34. The van der Waals surface area contributed by atoms with Crippen LogP contribution in [-0.4, -0.2) is 51.5 Å². The van der Waals surface area contributed by atoms with E-state index in [-0.39, 0.29) is 12.1 Å². The number of hydrogen-bond acceptors (Lipinski definition) is 5. The third kappa shape index (κ3) is 3.79. The molecule has 3 fully saturated rings. The van der Waals surface area contributed by atoms with Crippen LogP contribution in [0.4, 0.5) is 19.0 Å². The van der Waals surface area contributed by atoms with Crippen LogP contribution in [0.2, 0.25) is 0 Å². The first-order valence-corrected chi connectivity index (χ1v) is 11.4. The first-order chi connectivity index (χ1) is 15.1. The van der Waals surface area contributed by atoms with Crippen molar-refractivity contribution in [3.05, 3.63) is 29.6 Å². The van der Waals surface area contributed by atoms with Gasteiger partial charge in [-0.05, 0) is 57.6 Å². The molecule has 3 heterocycles. The van der Waals surface area contributed by atoms with Gasteiger partial charge in [0, 0.05) is 48.5 Å². The van der Waals surface area contributed by atoms with Crippen molar-refractivity contribution in [3.63, 3.8) is 0 Å². The number of nitrogens with zero attached hydrogens (tertiary/aromatic N) is 4. The summed E-state index contributed by atoms with van der Waals surface area (Å²) >= 11 is 0. The molecule has 0 radical (unpaired) electrons.